The third-order valence-corrected chi connectivity index (χ3v) is 9.80. The number of piperazine rings is 1. The monoisotopic (exact) mass is 797 g/mol. The van der Waals surface area contributed by atoms with Crippen molar-refractivity contribution in [2.24, 2.45) is 0 Å². The van der Waals surface area contributed by atoms with E-state index in [-0.39, 0.29) is 78.8 Å². The van der Waals surface area contributed by atoms with Gasteiger partial charge in [0.1, 0.15) is 18.8 Å². The zero-order valence-corrected chi connectivity index (χ0v) is 30.8. The summed E-state index contributed by atoms with van der Waals surface area (Å²) in [5.74, 6) is -1.83. The Morgan fingerprint density at radius 3 is 2.39 bits per heavy atom. The van der Waals surface area contributed by atoms with Gasteiger partial charge in [0.15, 0.2) is 17.3 Å². The second-order valence-corrected chi connectivity index (χ2v) is 13.4. The van der Waals surface area contributed by atoms with Crippen LogP contribution in [0.4, 0.5) is 34.9 Å². The molecule has 56 heavy (non-hydrogen) atoms. The van der Waals surface area contributed by atoms with Crippen molar-refractivity contribution in [2.45, 2.75) is 32.7 Å². The van der Waals surface area contributed by atoms with E-state index < -0.39 is 41.5 Å². The van der Waals surface area contributed by atoms with Crippen LogP contribution in [0.1, 0.15) is 34.2 Å². The molecule has 3 aromatic heterocycles. The van der Waals surface area contributed by atoms with E-state index in [1.807, 2.05) is 42.2 Å². The van der Waals surface area contributed by atoms with E-state index in [1.54, 1.807) is 9.47 Å². The van der Waals surface area contributed by atoms with E-state index in [2.05, 4.69) is 20.4 Å². The van der Waals surface area contributed by atoms with Gasteiger partial charge in [0.05, 0.1) is 35.2 Å². The van der Waals surface area contributed by atoms with Crippen LogP contribution in [-0.4, -0.2) is 93.3 Å². The molecular weight excluding hydrogens is 762 g/mol. The Hall–Kier alpha value is -5.75. The predicted octanol–water partition coefficient (Wildman–Crippen LogP) is 4.68. The molecule has 0 bridgehead atoms. The number of benzene rings is 2. The Bertz CT molecular complexity index is 2310. The van der Waals surface area contributed by atoms with Gasteiger partial charge in [0.25, 0.3) is 11.5 Å². The number of halogens is 5. The van der Waals surface area contributed by atoms with Crippen molar-refractivity contribution in [1.29, 1.82) is 0 Å². The van der Waals surface area contributed by atoms with Gasteiger partial charge < -0.3 is 34.1 Å². The van der Waals surface area contributed by atoms with Crippen LogP contribution in [0.2, 0.25) is 5.02 Å². The maximum absolute atomic E-state index is 15.0. The highest BCUT2D eigenvalue weighted by Crippen LogP contribution is 2.34. The average molecular weight is 798 g/mol. The summed E-state index contributed by atoms with van der Waals surface area (Å²) >= 11 is 6.13. The van der Waals surface area contributed by atoms with Crippen LogP contribution in [0, 0.1) is 5.82 Å². The molecule has 14 nitrogen and oxygen atoms in total. The van der Waals surface area contributed by atoms with E-state index in [9.17, 15) is 31.9 Å². The molecule has 7 rings (SSSR count). The fourth-order valence-electron chi connectivity index (χ4n) is 6.67. The van der Waals surface area contributed by atoms with E-state index in [0.29, 0.717) is 32.0 Å². The van der Waals surface area contributed by atoms with Gasteiger partial charge in [-0.2, -0.15) is 22.7 Å². The highest BCUT2D eigenvalue weighted by molar-refractivity contribution is 6.33. The largest absolute Gasteiger partial charge is 0.483 e. The summed E-state index contributed by atoms with van der Waals surface area (Å²) in [5, 5.41) is 6.81. The first-order chi connectivity index (χ1) is 26.9. The van der Waals surface area contributed by atoms with Gasteiger partial charge >= 0.3 is 6.18 Å². The SMILES string of the molecule is CCc1c(N2CCN(C(=O)c3nccc(F)c3OCc3ccccc3)CC2)c(=O)n2nc(N3CCOCC3)nc2n1CC(=O)Nc1ccc(C(F)(F)F)cc1Cl. The molecule has 0 radical (unpaired) electrons. The molecule has 0 spiro atoms. The normalized spacial score (nSPS) is 15.0. The van der Waals surface area contributed by atoms with Gasteiger partial charge in [-0.15, -0.1) is 5.10 Å². The van der Waals surface area contributed by atoms with Gasteiger partial charge in [0.2, 0.25) is 17.6 Å². The summed E-state index contributed by atoms with van der Waals surface area (Å²) in [7, 11) is 0. The second-order valence-electron chi connectivity index (χ2n) is 13.0. The van der Waals surface area contributed by atoms with Crippen LogP contribution in [-0.2, 0) is 35.3 Å². The number of hydrogen-bond acceptors (Lipinski definition) is 10. The van der Waals surface area contributed by atoms with Gasteiger partial charge in [-0.05, 0) is 36.2 Å². The number of carbonyl (C=O) groups is 2. The highest BCUT2D eigenvalue weighted by Gasteiger charge is 2.33. The highest BCUT2D eigenvalue weighted by atomic mass is 35.5. The molecule has 2 aliphatic rings. The Kier molecular flexibility index (Phi) is 11.1. The molecule has 0 atom stereocenters. The number of hydrogen-bond donors (Lipinski definition) is 1. The predicted molar refractivity (Wildman–Crippen MR) is 198 cm³/mol. The van der Waals surface area contributed by atoms with Gasteiger partial charge in [-0.25, -0.2) is 9.37 Å². The van der Waals surface area contributed by atoms with Crippen LogP contribution in [0.25, 0.3) is 5.78 Å². The molecular formula is C37H36ClF4N9O5. The third kappa shape index (κ3) is 7.97. The van der Waals surface area contributed by atoms with Crippen molar-refractivity contribution in [3.05, 3.63) is 105 Å². The first kappa shape index (κ1) is 38.5. The smallest absolute Gasteiger partial charge is 0.416 e. The molecule has 0 saturated carbocycles. The van der Waals surface area contributed by atoms with E-state index >= 15 is 0 Å². The molecule has 2 amide bonds. The van der Waals surface area contributed by atoms with E-state index in [1.165, 1.54) is 11.1 Å². The topological polar surface area (TPSA) is 139 Å². The minimum Gasteiger partial charge on any atom is -0.483 e. The number of amides is 2. The number of morpholine rings is 1. The quantitative estimate of drug-likeness (QED) is 0.198. The lowest BCUT2D eigenvalue weighted by atomic mass is 10.2. The number of nitrogens with zero attached hydrogens (tertiary/aromatic N) is 8. The molecule has 0 unspecified atom stereocenters. The summed E-state index contributed by atoms with van der Waals surface area (Å²) in [6, 6.07) is 12.8. The number of rotatable bonds is 10. The number of alkyl halides is 3. The minimum absolute atomic E-state index is 0.0248. The lowest BCUT2D eigenvalue weighted by Gasteiger charge is -2.36. The van der Waals surface area contributed by atoms with E-state index in [0.717, 1.165) is 34.3 Å². The maximum atomic E-state index is 15.0. The lowest BCUT2D eigenvalue weighted by Crippen LogP contribution is -2.51. The van der Waals surface area contributed by atoms with Crippen molar-refractivity contribution in [2.75, 3.05) is 67.6 Å². The van der Waals surface area contributed by atoms with Crippen molar-refractivity contribution in [3.8, 4) is 5.75 Å². The first-order valence-electron chi connectivity index (χ1n) is 17.8. The van der Waals surface area contributed by atoms with Crippen LogP contribution in [0.15, 0.2) is 65.6 Å². The second kappa shape index (κ2) is 16.2. The minimum atomic E-state index is -4.62. The molecule has 1 N–H and O–H groups in total. The molecule has 2 saturated heterocycles. The summed E-state index contributed by atoms with van der Waals surface area (Å²) in [5.41, 5.74) is -0.202. The Morgan fingerprint density at radius 2 is 1.71 bits per heavy atom. The van der Waals surface area contributed by atoms with Crippen LogP contribution >= 0.6 is 11.6 Å². The number of nitrogens with one attached hydrogen (secondary N) is 1. The van der Waals surface area contributed by atoms with Gasteiger partial charge in [0, 0.05) is 45.5 Å². The Labute approximate surface area is 322 Å². The van der Waals surface area contributed by atoms with Crippen molar-refractivity contribution >= 4 is 46.5 Å². The zero-order valence-electron chi connectivity index (χ0n) is 30.1. The maximum Gasteiger partial charge on any atom is 0.416 e. The summed E-state index contributed by atoms with van der Waals surface area (Å²) in [4.78, 5) is 55.6. The Balaban J connectivity index is 1.17. The van der Waals surface area contributed by atoms with Gasteiger partial charge in [-0.3, -0.25) is 14.4 Å². The zero-order chi connectivity index (χ0) is 39.6. The number of fused-ring (bicyclic) bond motifs is 1. The van der Waals surface area contributed by atoms with Crippen molar-refractivity contribution < 1.29 is 36.6 Å². The van der Waals surface area contributed by atoms with Crippen LogP contribution < -0.4 is 25.4 Å². The number of pyridine rings is 1. The summed E-state index contributed by atoms with van der Waals surface area (Å²) in [6.45, 7) is 3.89. The van der Waals surface area contributed by atoms with E-state index in [4.69, 9.17) is 21.1 Å². The molecule has 2 aliphatic heterocycles. The first-order valence-corrected chi connectivity index (χ1v) is 18.2. The molecule has 5 heterocycles. The number of carbonyl (C=O) groups excluding carboxylic acids is 2. The van der Waals surface area contributed by atoms with Crippen molar-refractivity contribution in [1.82, 2.24) is 29.0 Å². The average Bonchev–Trinajstić information content (AvgIpc) is 3.65. The molecule has 2 fully saturated rings. The third-order valence-electron chi connectivity index (χ3n) is 9.48. The summed E-state index contributed by atoms with van der Waals surface area (Å²) < 4.78 is 68.6. The van der Waals surface area contributed by atoms with Crippen LogP contribution in [0.5, 0.6) is 5.75 Å². The molecule has 294 valence electrons. The molecule has 0 aliphatic carbocycles. The van der Waals surface area contributed by atoms with Crippen molar-refractivity contribution in [3.63, 3.8) is 0 Å². The molecule has 19 heteroatoms. The molecule has 2 aromatic carbocycles. The number of ether oxygens (including phenoxy) is 2. The Morgan fingerprint density at radius 1 is 0.982 bits per heavy atom. The van der Waals surface area contributed by atoms with Crippen LogP contribution in [0.3, 0.4) is 0 Å². The fraction of sp³-hybridized carbons (Fsp3) is 0.351. The van der Waals surface area contributed by atoms with Gasteiger partial charge in [-0.1, -0.05) is 48.9 Å². The summed E-state index contributed by atoms with van der Waals surface area (Å²) in [6.07, 6.45) is -3.16. The number of anilines is 3. The number of aromatic nitrogens is 5. The molecule has 5 aromatic rings. The fourth-order valence-corrected chi connectivity index (χ4v) is 6.90. The standard InChI is InChI=1S/C37H36ClF4N9O5/c1-2-28-31(47-12-14-48(15-13-47)33(53)30-32(26(39)10-11-43-30)56-22-23-6-4-3-5-7-23)34(54)51-36(45-35(46-51)49-16-18-55-19-17-49)50(28)21-29(52)44-27-9-8-24(20-25(27)38)37(40,41)42/h3-11,20H,2,12-19,21-22H2,1H3,(H,44,52). The lowest BCUT2D eigenvalue weighted by molar-refractivity contribution is -0.137.